The second-order valence-electron chi connectivity index (χ2n) is 5.85. The molecule has 0 aromatic heterocycles. The highest BCUT2D eigenvalue weighted by atomic mass is 19.1. The molecule has 1 aliphatic heterocycles. The van der Waals surface area contributed by atoms with Gasteiger partial charge in [0.2, 0.25) is 11.8 Å². The van der Waals surface area contributed by atoms with Gasteiger partial charge in [-0.25, -0.2) is 9.18 Å². The van der Waals surface area contributed by atoms with Crippen molar-refractivity contribution in [3.8, 4) is 0 Å². The average Bonchev–Trinajstić information content (AvgIpc) is 2.75. The first kappa shape index (κ1) is 18.9. The number of ether oxygens (including phenoxy) is 1. The number of carbonyl (C=O) groups excluding carboxylic acids is 3. The van der Waals surface area contributed by atoms with Crippen molar-refractivity contribution in [3.63, 3.8) is 0 Å². The molecule has 0 aliphatic carbocycles. The number of imide groups is 1. The van der Waals surface area contributed by atoms with Gasteiger partial charge >= 0.3 is 6.03 Å². The van der Waals surface area contributed by atoms with Crippen LogP contribution < -0.4 is 10.6 Å². The lowest BCUT2D eigenvalue weighted by atomic mass is 10.1. The van der Waals surface area contributed by atoms with Crippen LogP contribution in [0.3, 0.4) is 0 Å². The summed E-state index contributed by atoms with van der Waals surface area (Å²) in [6, 6.07) is 4.46. The highest BCUT2D eigenvalue weighted by Gasteiger charge is 2.29. The van der Waals surface area contributed by atoms with Gasteiger partial charge in [0, 0.05) is 33.2 Å². The van der Waals surface area contributed by atoms with Gasteiger partial charge in [0.1, 0.15) is 11.9 Å². The number of methoxy groups -OCH3 is 1. The Balaban J connectivity index is 2.09. The number of halogens is 1. The summed E-state index contributed by atoms with van der Waals surface area (Å²) < 4.78 is 18.1. The standard InChI is InChI=1S/C17H22FN3O4/c1-25-10-2-9-21(11-12-3-5-13(18)6-4-12)16(23)14-7-8-15(22)20-17(24)19-14/h3-6,14H,2,7-11H2,1H3,(H2,19,20,22,24). The van der Waals surface area contributed by atoms with Crippen LogP contribution in [0.15, 0.2) is 24.3 Å². The van der Waals surface area contributed by atoms with Crippen molar-refractivity contribution in [1.29, 1.82) is 0 Å². The number of rotatable bonds is 7. The van der Waals surface area contributed by atoms with Crippen LogP contribution in [0.1, 0.15) is 24.8 Å². The first-order chi connectivity index (χ1) is 12.0. The molecule has 136 valence electrons. The van der Waals surface area contributed by atoms with Gasteiger partial charge in [-0.15, -0.1) is 0 Å². The van der Waals surface area contributed by atoms with Crippen LogP contribution in [0.2, 0.25) is 0 Å². The van der Waals surface area contributed by atoms with Crippen LogP contribution in [-0.4, -0.2) is 49.0 Å². The van der Waals surface area contributed by atoms with Crippen LogP contribution in [0.25, 0.3) is 0 Å². The number of amides is 4. The molecule has 1 saturated heterocycles. The third-order valence-electron chi connectivity index (χ3n) is 3.89. The quantitative estimate of drug-likeness (QED) is 0.722. The van der Waals surface area contributed by atoms with Crippen molar-refractivity contribution >= 4 is 17.8 Å². The molecule has 0 saturated carbocycles. The number of nitrogens with one attached hydrogen (secondary N) is 2. The Hall–Kier alpha value is -2.48. The predicted molar refractivity (Wildman–Crippen MR) is 88.0 cm³/mol. The maximum atomic E-state index is 13.1. The summed E-state index contributed by atoms with van der Waals surface area (Å²) in [5.41, 5.74) is 0.779. The van der Waals surface area contributed by atoms with E-state index >= 15 is 0 Å². The molecule has 0 spiro atoms. The van der Waals surface area contributed by atoms with E-state index < -0.39 is 18.0 Å². The zero-order valence-electron chi connectivity index (χ0n) is 14.1. The topological polar surface area (TPSA) is 87.7 Å². The molecule has 0 bridgehead atoms. The maximum absolute atomic E-state index is 13.1. The van der Waals surface area contributed by atoms with E-state index in [1.165, 1.54) is 12.1 Å². The van der Waals surface area contributed by atoms with E-state index in [-0.39, 0.29) is 31.1 Å². The molecule has 25 heavy (non-hydrogen) atoms. The molecule has 1 fully saturated rings. The van der Waals surface area contributed by atoms with Crippen LogP contribution >= 0.6 is 0 Å². The van der Waals surface area contributed by atoms with Crippen molar-refractivity contribution in [1.82, 2.24) is 15.5 Å². The normalized spacial score (nSPS) is 17.4. The van der Waals surface area contributed by atoms with Gasteiger partial charge in [-0.05, 0) is 30.5 Å². The van der Waals surface area contributed by atoms with E-state index in [1.54, 1.807) is 24.1 Å². The first-order valence-electron chi connectivity index (χ1n) is 8.12. The third kappa shape index (κ3) is 5.82. The lowest BCUT2D eigenvalue weighted by molar-refractivity contribution is -0.134. The molecule has 2 rings (SSSR count). The molecule has 1 aromatic carbocycles. The third-order valence-corrected chi connectivity index (χ3v) is 3.89. The second kappa shape index (κ2) is 9.12. The van der Waals surface area contributed by atoms with Gasteiger partial charge in [0.15, 0.2) is 0 Å². The van der Waals surface area contributed by atoms with Gasteiger partial charge in [-0.2, -0.15) is 0 Å². The lowest BCUT2D eigenvalue weighted by Gasteiger charge is -2.27. The molecule has 2 N–H and O–H groups in total. The fourth-order valence-corrected chi connectivity index (χ4v) is 2.61. The zero-order valence-corrected chi connectivity index (χ0v) is 14.1. The summed E-state index contributed by atoms with van der Waals surface area (Å²) in [7, 11) is 1.58. The Kier molecular flexibility index (Phi) is 6.88. The van der Waals surface area contributed by atoms with Crippen LogP contribution in [-0.2, 0) is 20.9 Å². The highest BCUT2D eigenvalue weighted by molar-refractivity contribution is 5.98. The number of urea groups is 1. The number of nitrogens with zero attached hydrogens (tertiary/aromatic N) is 1. The van der Waals surface area contributed by atoms with Gasteiger partial charge in [0.25, 0.3) is 0 Å². The summed E-state index contributed by atoms with van der Waals surface area (Å²) in [4.78, 5) is 37.4. The van der Waals surface area contributed by atoms with Crippen molar-refractivity contribution < 1.29 is 23.5 Å². The van der Waals surface area contributed by atoms with Gasteiger partial charge in [-0.3, -0.25) is 14.9 Å². The van der Waals surface area contributed by atoms with Gasteiger partial charge in [-0.1, -0.05) is 12.1 Å². The Labute approximate surface area is 145 Å². The largest absolute Gasteiger partial charge is 0.385 e. The van der Waals surface area contributed by atoms with E-state index in [0.717, 1.165) is 5.56 Å². The van der Waals surface area contributed by atoms with Gasteiger partial charge < -0.3 is 15.0 Å². The summed E-state index contributed by atoms with van der Waals surface area (Å²) in [5.74, 6) is -1.02. The molecule has 1 aromatic rings. The van der Waals surface area contributed by atoms with Crippen molar-refractivity contribution in [3.05, 3.63) is 35.6 Å². The number of benzene rings is 1. The fraction of sp³-hybridized carbons (Fsp3) is 0.471. The van der Waals surface area contributed by atoms with Crippen molar-refractivity contribution in [2.24, 2.45) is 0 Å². The highest BCUT2D eigenvalue weighted by Crippen LogP contribution is 2.12. The molecule has 0 radical (unpaired) electrons. The maximum Gasteiger partial charge on any atom is 0.322 e. The lowest BCUT2D eigenvalue weighted by Crippen LogP contribution is -2.49. The Morgan fingerprint density at radius 3 is 2.72 bits per heavy atom. The molecular weight excluding hydrogens is 329 g/mol. The Bertz CT molecular complexity index is 621. The monoisotopic (exact) mass is 351 g/mol. The minimum absolute atomic E-state index is 0.0948. The van der Waals surface area contributed by atoms with Crippen molar-refractivity contribution in [2.45, 2.75) is 31.8 Å². The second-order valence-corrected chi connectivity index (χ2v) is 5.85. The minimum atomic E-state index is -0.769. The van der Waals surface area contributed by atoms with Crippen LogP contribution in [0.5, 0.6) is 0 Å². The molecule has 7 nitrogen and oxygen atoms in total. The number of hydrogen-bond donors (Lipinski definition) is 2. The van der Waals surface area contributed by atoms with Crippen LogP contribution in [0.4, 0.5) is 9.18 Å². The molecule has 4 amide bonds. The summed E-state index contributed by atoms with van der Waals surface area (Å²) >= 11 is 0. The first-order valence-corrected chi connectivity index (χ1v) is 8.12. The van der Waals surface area contributed by atoms with Gasteiger partial charge in [0.05, 0.1) is 0 Å². The Morgan fingerprint density at radius 1 is 1.32 bits per heavy atom. The summed E-state index contributed by atoms with van der Waals surface area (Å²) in [5, 5.41) is 4.67. The van der Waals surface area contributed by atoms with E-state index in [1.807, 2.05) is 0 Å². The molecular formula is C17H22FN3O4. The smallest absolute Gasteiger partial charge is 0.322 e. The van der Waals surface area contributed by atoms with Crippen LogP contribution in [0, 0.1) is 5.82 Å². The summed E-state index contributed by atoms with van der Waals surface area (Å²) in [6.45, 7) is 1.21. The fourth-order valence-electron chi connectivity index (χ4n) is 2.61. The van der Waals surface area contributed by atoms with Crippen molar-refractivity contribution in [2.75, 3.05) is 20.3 Å². The van der Waals surface area contributed by atoms with E-state index in [2.05, 4.69) is 10.6 Å². The average molecular weight is 351 g/mol. The molecule has 1 unspecified atom stereocenters. The molecule has 8 heteroatoms. The zero-order chi connectivity index (χ0) is 18.2. The van der Waals surface area contributed by atoms with E-state index in [0.29, 0.717) is 19.6 Å². The minimum Gasteiger partial charge on any atom is -0.385 e. The summed E-state index contributed by atoms with van der Waals surface area (Å²) in [6.07, 6.45) is 0.958. The SMILES string of the molecule is COCCCN(Cc1ccc(F)cc1)C(=O)C1CCC(=O)NC(=O)N1. The Morgan fingerprint density at radius 2 is 2.04 bits per heavy atom. The number of hydrogen-bond acceptors (Lipinski definition) is 4. The van der Waals surface area contributed by atoms with E-state index in [4.69, 9.17) is 4.74 Å². The predicted octanol–water partition coefficient (Wildman–Crippen LogP) is 1.18. The molecule has 1 aliphatic rings. The number of carbonyl (C=O) groups is 3. The van der Waals surface area contributed by atoms with E-state index in [9.17, 15) is 18.8 Å². The molecule has 1 atom stereocenters. The molecule has 1 heterocycles.